The number of nitrogens with one attached hydrogen (secondary N) is 1. The van der Waals surface area contributed by atoms with Gasteiger partial charge in [-0.15, -0.1) is 0 Å². The smallest absolute Gasteiger partial charge is 0.279 e. The molecule has 0 radical (unpaired) electrons. The number of rotatable bonds is 3. The summed E-state index contributed by atoms with van der Waals surface area (Å²) < 4.78 is 23.8. The van der Waals surface area contributed by atoms with Gasteiger partial charge < -0.3 is 10.7 Å². The molecular weight excluding hydrogens is 152 g/mol. The molecule has 0 amide bonds. The normalized spacial score (nSPS) is 10.9. The predicted molar refractivity (Wildman–Crippen MR) is 36.3 cm³/mol. The minimum absolute atomic E-state index is 0.145. The number of alkyl halides is 2. The molecule has 0 saturated carbocycles. The highest BCUT2D eigenvalue weighted by Crippen LogP contribution is 2.15. The second-order valence-corrected chi connectivity index (χ2v) is 2.12. The van der Waals surface area contributed by atoms with Gasteiger partial charge in [-0.05, 0) is 6.54 Å². The van der Waals surface area contributed by atoms with Gasteiger partial charge in [0.25, 0.3) is 6.43 Å². The third kappa shape index (κ3) is 1.98. The van der Waals surface area contributed by atoms with Crippen LogP contribution in [0.25, 0.3) is 0 Å². The third-order valence-electron chi connectivity index (χ3n) is 1.26. The van der Waals surface area contributed by atoms with Crippen molar-refractivity contribution in [1.29, 1.82) is 0 Å². The molecule has 0 atom stereocenters. The first-order valence-corrected chi connectivity index (χ1v) is 3.26. The van der Waals surface area contributed by atoms with E-state index in [9.17, 15) is 8.78 Å². The fourth-order valence-electron chi connectivity index (χ4n) is 0.753. The third-order valence-corrected chi connectivity index (χ3v) is 1.26. The van der Waals surface area contributed by atoms with E-state index < -0.39 is 6.43 Å². The standard InChI is InChI=1S/C6H9F2N3/c7-6(8)4-3-10-5(11-4)1-2-9/h3,6H,1-2,9H2,(H,10,11). The fourth-order valence-corrected chi connectivity index (χ4v) is 0.753. The van der Waals surface area contributed by atoms with Gasteiger partial charge in [-0.3, -0.25) is 0 Å². The molecule has 1 aromatic heterocycles. The number of aromatic amines is 1. The number of nitrogens with two attached hydrogens (primary N) is 1. The summed E-state index contributed by atoms with van der Waals surface area (Å²) in [5.74, 6) is 0.516. The second-order valence-electron chi connectivity index (χ2n) is 2.12. The van der Waals surface area contributed by atoms with Crippen molar-refractivity contribution in [3.05, 3.63) is 17.7 Å². The molecule has 0 aliphatic carbocycles. The van der Waals surface area contributed by atoms with Crippen LogP contribution in [0.1, 0.15) is 17.9 Å². The lowest BCUT2D eigenvalue weighted by atomic mass is 10.4. The van der Waals surface area contributed by atoms with E-state index in [0.717, 1.165) is 6.20 Å². The fraction of sp³-hybridized carbons (Fsp3) is 0.500. The molecular formula is C6H9F2N3. The number of nitrogens with zero attached hydrogens (tertiary/aromatic N) is 1. The number of aromatic nitrogens is 2. The Labute approximate surface area is 62.6 Å². The van der Waals surface area contributed by atoms with Gasteiger partial charge in [0.05, 0.1) is 6.20 Å². The molecule has 62 valence electrons. The first kappa shape index (κ1) is 8.13. The van der Waals surface area contributed by atoms with Crippen molar-refractivity contribution in [3.63, 3.8) is 0 Å². The maximum absolute atomic E-state index is 11.9. The molecule has 0 bridgehead atoms. The summed E-state index contributed by atoms with van der Waals surface area (Å²) in [5, 5.41) is 0. The van der Waals surface area contributed by atoms with Gasteiger partial charge in [0.1, 0.15) is 11.5 Å². The zero-order valence-electron chi connectivity index (χ0n) is 5.85. The minimum atomic E-state index is -2.48. The van der Waals surface area contributed by atoms with Crippen LogP contribution >= 0.6 is 0 Å². The number of hydrogen-bond acceptors (Lipinski definition) is 2. The van der Waals surface area contributed by atoms with Crippen LogP contribution < -0.4 is 5.73 Å². The van der Waals surface area contributed by atoms with Crippen LogP contribution in [-0.2, 0) is 6.42 Å². The van der Waals surface area contributed by atoms with Gasteiger partial charge in [0.15, 0.2) is 0 Å². The van der Waals surface area contributed by atoms with Gasteiger partial charge in [-0.2, -0.15) is 0 Å². The molecule has 1 heterocycles. The van der Waals surface area contributed by atoms with Gasteiger partial charge in [-0.1, -0.05) is 0 Å². The Balaban J connectivity index is 2.66. The Morgan fingerprint density at radius 3 is 2.82 bits per heavy atom. The van der Waals surface area contributed by atoms with Crippen molar-refractivity contribution in [2.45, 2.75) is 12.8 Å². The quantitative estimate of drug-likeness (QED) is 0.690. The molecule has 0 unspecified atom stereocenters. The van der Waals surface area contributed by atoms with Crippen molar-refractivity contribution in [1.82, 2.24) is 9.97 Å². The van der Waals surface area contributed by atoms with Gasteiger partial charge in [-0.25, -0.2) is 13.8 Å². The highest BCUT2D eigenvalue weighted by molar-refractivity contribution is 5.02. The average Bonchev–Trinajstić information content (AvgIpc) is 2.37. The van der Waals surface area contributed by atoms with E-state index in [-0.39, 0.29) is 5.69 Å². The summed E-state index contributed by atoms with van der Waals surface area (Å²) in [6.07, 6.45) is -0.837. The summed E-state index contributed by atoms with van der Waals surface area (Å²) in [4.78, 5) is 6.18. The Morgan fingerprint density at radius 1 is 1.64 bits per heavy atom. The Morgan fingerprint density at radius 2 is 2.36 bits per heavy atom. The molecule has 1 aromatic rings. The number of hydrogen-bond donors (Lipinski definition) is 2. The maximum Gasteiger partial charge on any atom is 0.279 e. The Bertz CT molecular complexity index is 221. The molecule has 1 rings (SSSR count). The molecule has 0 fully saturated rings. The zero-order chi connectivity index (χ0) is 8.27. The molecule has 5 heteroatoms. The van der Waals surface area contributed by atoms with E-state index in [1.807, 2.05) is 0 Å². The molecule has 0 aliphatic rings. The van der Waals surface area contributed by atoms with E-state index in [1.165, 1.54) is 0 Å². The molecule has 0 spiro atoms. The molecule has 0 aliphatic heterocycles. The van der Waals surface area contributed by atoms with E-state index >= 15 is 0 Å². The first-order chi connectivity index (χ1) is 5.24. The lowest BCUT2D eigenvalue weighted by Crippen LogP contribution is -2.03. The average molecular weight is 161 g/mol. The largest absolute Gasteiger partial charge is 0.341 e. The summed E-state index contributed by atoms with van der Waals surface area (Å²) in [5.41, 5.74) is 5.05. The highest BCUT2D eigenvalue weighted by Gasteiger charge is 2.09. The Hall–Kier alpha value is -0.970. The number of halogens is 2. The topological polar surface area (TPSA) is 54.7 Å². The van der Waals surface area contributed by atoms with Gasteiger partial charge >= 0.3 is 0 Å². The highest BCUT2D eigenvalue weighted by atomic mass is 19.3. The van der Waals surface area contributed by atoms with Crippen LogP contribution in [-0.4, -0.2) is 16.5 Å². The van der Waals surface area contributed by atoms with Gasteiger partial charge in [0, 0.05) is 6.42 Å². The van der Waals surface area contributed by atoms with Gasteiger partial charge in [0.2, 0.25) is 0 Å². The van der Waals surface area contributed by atoms with E-state index in [0.29, 0.717) is 18.8 Å². The predicted octanol–water partition coefficient (Wildman–Crippen LogP) is 0.848. The van der Waals surface area contributed by atoms with Crippen molar-refractivity contribution >= 4 is 0 Å². The monoisotopic (exact) mass is 161 g/mol. The molecule has 3 nitrogen and oxygen atoms in total. The SMILES string of the molecule is NCCc1ncc(C(F)F)[nH]1. The van der Waals surface area contributed by atoms with Crippen LogP contribution in [0.4, 0.5) is 8.78 Å². The Kier molecular flexibility index (Phi) is 2.53. The van der Waals surface area contributed by atoms with Crippen molar-refractivity contribution in [2.24, 2.45) is 5.73 Å². The van der Waals surface area contributed by atoms with E-state index in [2.05, 4.69) is 9.97 Å². The van der Waals surface area contributed by atoms with Crippen LogP contribution in [0.2, 0.25) is 0 Å². The zero-order valence-corrected chi connectivity index (χ0v) is 5.85. The van der Waals surface area contributed by atoms with Crippen LogP contribution in [0, 0.1) is 0 Å². The molecule has 11 heavy (non-hydrogen) atoms. The van der Waals surface area contributed by atoms with Crippen LogP contribution in [0.15, 0.2) is 6.20 Å². The summed E-state index contributed by atoms with van der Waals surface area (Å²) in [6.45, 7) is 0.413. The van der Waals surface area contributed by atoms with Crippen LogP contribution in [0.5, 0.6) is 0 Å². The summed E-state index contributed by atoms with van der Waals surface area (Å²) in [6, 6.07) is 0. The molecule has 0 aromatic carbocycles. The summed E-state index contributed by atoms with van der Waals surface area (Å²) >= 11 is 0. The lowest BCUT2D eigenvalue weighted by molar-refractivity contribution is 0.146. The van der Waals surface area contributed by atoms with Crippen LogP contribution in [0.3, 0.4) is 0 Å². The summed E-state index contributed by atoms with van der Waals surface area (Å²) in [7, 11) is 0. The van der Waals surface area contributed by atoms with E-state index in [4.69, 9.17) is 5.73 Å². The minimum Gasteiger partial charge on any atom is -0.341 e. The second kappa shape index (κ2) is 3.43. The first-order valence-electron chi connectivity index (χ1n) is 3.26. The molecule has 0 saturated heterocycles. The maximum atomic E-state index is 11.9. The molecule has 3 N–H and O–H groups in total. The van der Waals surface area contributed by atoms with Crippen molar-refractivity contribution in [2.75, 3.05) is 6.54 Å². The van der Waals surface area contributed by atoms with Crippen molar-refractivity contribution in [3.8, 4) is 0 Å². The number of imidazole rings is 1. The van der Waals surface area contributed by atoms with E-state index in [1.54, 1.807) is 0 Å². The number of H-pyrrole nitrogens is 1. The van der Waals surface area contributed by atoms with Crippen molar-refractivity contribution < 1.29 is 8.78 Å². The lowest BCUT2D eigenvalue weighted by Gasteiger charge is -1.92.